The van der Waals surface area contributed by atoms with E-state index in [1.165, 1.54) is 7.05 Å². The second-order valence-corrected chi connectivity index (χ2v) is 2.96. The van der Waals surface area contributed by atoms with E-state index in [0.29, 0.717) is 4.57 Å². The molecule has 0 aliphatic carbocycles. The minimum absolute atomic E-state index is 0.297. The largest absolute Gasteiger partial charge is 0.476 e. The maximum absolute atomic E-state index is 11.6. The Morgan fingerprint density at radius 1 is 1.41 bits per heavy atom. The van der Waals surface area contributed by atoms with Crippen molar-refractivity contribution in [2.24, 2.45) is 7.05 Å². The van der Waals surface area contributed by atoms with Crippen molar-refractivity contribution in [3.05, 3.63) is 26.5 Å². The maximum atomic E-state index is 11.6. The van der Waals surface area contributed by atoms with Gasteiger partial charge in [-0.15, -0.1) is 0 Å². The molecule has 8 nitrogen and oxygen atoms in total. The van der Waals surface area contributed by atoms with Crippen LogP contribution in [0.2, 0.25) is 0 Å². The summed E-state index contributed by atoms with van der Waals surface area (Å²) in [5, 5.41) is 20.5. The Balaban J connectivity index is 3.43. The first-order valence-electron chi connectivity index (χ1n) is 4.47. The van der Waals surface area contributed by atoms with Crippen LogP contribution in [0.15, 0.2) is 9.59 Å². The second kappa shape index (κ2) is 5.09. The first-order valence-corrected chi connectivity index (χ1v) is 4.47. The SMILES string of the molecule is Cn1nc(C(=O)O)c(=O)n(CC#CCO)c1=O. The predicted molar refractivity (Wildman–Crippen MR) is 55.6 cm³/mol. The van der Waals surface area contributed by atoms with Gasteiger partial charge in [-0.25, -0.2) is 18.8 Å². The van der Waals surface area contributed by atoms with E-state index in [1.54, 1.807) is 0 Å². The number of carboxylic acids is 1. The van der Waals surface area contributed by atoms with E-state index < -0.39 is 29.5 Å². The lowest BCUT2D eigenvalue weighted by molar-refractivity contribution is 0.0684. The van der Waals surface area contributed by atoms with Gasteiger partial charge >= 0.3 is 11.7 Å². The summed E-state index contributed by atoms with van der Waals surface area (Å²) in [4.78, 5) is 33.8. The normalized spacial score (nSPS) is 9.53. The third-order valence-electron chi connectivity index (χ3n) is 1.85. The van der Waals surface area contributed by atoms with Crippen molar-refractivity contribution in [3.8, 4) is 11.8 Å². The molecular weight excluding hydrogens is 230 g/mol. The number of aliphatic hydroxyl groups excluding tert-OH is 1. The van der Waals surface area contributed by atoms with Crippen molar-refractivity contribution in [2.45, 2.75) is 6.54 Å². The van der Waals surface area contributed by atoms with Crippen LogP contribution in [0.5, 0.6) is 0 Å². The molecular formula is C9H9N3O5. The second-order valence-electron chi connectivity index (χ2n) is 2.96. The van der Waals surface area contributed by atoms with Crippen LogP contribution in [0.3, 0.4) is 0 Å². The molecule has 17 heavy (non-hydrogen) atoms. The predicted octanol–water partition coefficient (Wildman–Crippen LogP) is -2.36. The summed E-state index contributed by atoms with van der Waals surface area (Å²) in [6.45, 7) is -0.708. The van der Waals surface area contributed by atoms with E-state index in [-0.39, 0.29) is 6.54 Å². The van der Waals surface area contributed by atoms with E-state index >= 15 is 0 Å². The highest BCUT2D eigenvalue weighted by Crippen LogP contribution is 1.82. The van der Waals surface area contributed by atoms with E-state index in [9.17, 15) is 14.4 Å². The molecule has 0 fully saturated rings. The van der Waals surface area contributed by atoms with Gasteiger partial charge in [0.05, 0.1) is 6.54 Å². The summed E-state index contributed by atoms with van der Waals surface area (Å²) in [5.41, 5.74) is -2.54. The van der Waals surface area contributed by atoms with Gasteiger partial charge < -0.3 is 10.2 Å². The quantitative estimate of drug-likeness (QED) is 0.558. The molecule has 1 aromatic heterocycles. The molecule has 0 aliphatic rings. The average Bonchev–Trinajstić information content (AvgIpc) is 2.28. The van der Waals surface area contributed by atoms with Crippen molar-refractivity contribution in [1.29, 1.82) is 0 Å². The van der Waals surface area contributed by atoms with Crippen LogP contribution >= 0.6 is 0 Å². The van der Waals surface area contributed by atoms with Gasteiger partial charge in [-0.1, -0.05) is 11.8 Å². The number of carbonyl (C=O) groups is 1. The number of aryl methyl sites for hydroxylation is 1. The van der Waals surface area contributed by atoms with Crippen molar-refractivity contribution >= 4 is 5.97 Å². The lowest BCUT2D eigenvalue weighted by atomic mass is 10.4. The lowest BCUT2D eigenvalue weighted by Gasteiger charge is -2.03. The maximum Gasteiger partial charge on any atom is 0.362 e. The molecule has 0 spiro atoms. The minimum atomic E-state index is -1.52. The monoisotopic (exact) mass is 239 g/mol. The Morgan fingerprint density at radius 3 is 2.59 bits per heavy atom. The van der Waals surface area contributed by atoms with Crippen LogP contribution in [0, 0.1) is 11.8 Å². The summed E-state index contributed by atoms with van der Waals surface area (Å²) in [6, 6.07) is 0. The summed E-state index contributed by atoms with van der Waals surface area (Å²) < 4.78 is 1.38. The average molecular weight is 239 g/mol. The zero-order chi connectivity index (χ0) is 13.0. The summed E-state index contributed by atoms with van der Waals surface area (Å²) in [6.07, 6.45) is 0. The Kier molecular flexibility index (Phi) is 3.79. The number of carboxylic acid groups (broad SMARTS) is 1. The fourth-order valence-corrected chi connectivity index (χ4v) is 1.09. The van der Waals surface area contributed by atoms with E-state index in [4.69, 9.17) is 10.2 Å². The third-order valence-corrected chi connectivity index (χ3v) is 1.85. The van der Waals surface area contributed by atoms with Crippen LogP contribution in [0.1, 0.15) is 10.5 Å². The van der Waals surface area contributed by atoms with Gasteiger partial charge in [0.25, 0.3) is 5.56 Å². The van der Waals surface area contributed by atoms with Gasteiger partial charge in [0.1, 0.15) is 6.61 Å². The molecule has 1 aromatic rings. The molecule has 0 radical (unpaired) electrons. The number of hydrogen-bond acceptors (Lipinski definition) is 5. The van der Waals surface area contributed by atoms with Gasteiger partial charge in [-0.2, -0.15) is 5.10 Å². The zero-order valence-corrected chi connectivity index (χ0v) is 8.88. The molecule has 1 heterocycles. The molecule has 0 bridgehead atoms. The molecule has 8 heteroatoms. The van der Waals surface area contributed by atoms with Crippen molar-refractivity contribution in [3.63, 3.8) is 0 Å². The molecule has 0 aromatic carbocycles. The number of hydrogen-bond donors (Lipinski definition) is 2. The molecule has 90 valence electrons. The summed E-state index contributed by atoms with van der Waals surface area (Å²) in [5.74, 6) is 3.09. The Morgan fingerprint density at radius 2 is 2.06 bits per heavy atom. The Labute approximate surface area is 94.7 Å². The molecule has 2 N–H and O–H groups in total. The molecule has 0 saturated heterocycles. The van der Waals surface area contributed by atoms with Gasteiger partial charge in [-0.05, 0) is 0 Å². The van der Waals surface area contributed by atoms with Gasteiger partial charge in [0, 0.05) is 7.05 Å². The number of nitrogens with zero attached hydrogens (tertiary/aromatic N) is 3. The first kappa shape index (κ1) is 12.7. The number of aromatic carboxylic acids is 1. The van der Waals surface area contributed by atoms with Crippen LogP contribution in [0.4, 0.5) is 0 Å². The minimum Gasteiger partial charge on any atom is -0.476 e. The van der Waals surface area contributed by atoms with E-state index in [0.717, 1.165) is 4.68 Å². The third kappa shape index (κ3) is 2.59. The lowest BCUT2D eigenvalue weighted by Crippen LogP contribution is -2.43. The summed E-state index contributed by atoms with van der Waals surface area (Å²) in [7, 11) is 1.23. The van der Waals surface area contributed by atoms with Crippen LogP contribution in [-0.4, -0.2) is 37.1 Å². The molecule has 0 amide bonds. The molecule has 0 unspecified atom stereocenters. The molecule has 0 aliphatic heterocycles. The highest BCUT2D eigenvalue weighted by Gasteiger charge is 2.16. The molecule has 1 rings (SSSR count). The standard InChI is InChI=1S/C9H9N3O5/c1-11-9(17)12(4-2-3-5-13)7(14)6(10-11)8(15)16/h13H,4-5H2,1H3,(H,15,16). The van der Waals surface area contributed by atoms with Crippen LogP contribution < -0.4 is 11.2 Å². The number of aromatic nitrogens is 3. The highest BCUT2D eigenvalue weighted by atomic mass is 16.4. The highest BCUT2D eigenvalue weighted by molar-refractivity contribution is 5.84. The molecule has 0 saturated carbocycles. The van der Waals surface area contributed by atoms with Gasteiger partial charge in [0.15, 0.2) is 0 Å². The van der Waals surface area contributed by atoms with Crippen LogP contribution in [-0.2, 0) is 13.6 Å². The van der Waals surface area contributed by atoms with Crippen molar-refractivity contribution in [2.75, 3.05) is 6.61 Å². The Bertz CT molecular complexity index is 616. The smallest absolute Gasteiger partial charge is 0.362 e. The van der Waals surface area contributed by atoms with Crippen molar-refractivity contribution in [1.82, 2.24) is 14.3 Å². The molecule has 0 atom stereocenters. The van der Waals surface area contributed by atoms with E-state index in [2.05, 4.69) is 16.9 Å². The first-order chi connectivity index (χ1) is 7.99. The Hall–Kier alpha value is -2.40. The summed E-state index contributed by atoms with van der Waals surface area (Å²) >= 11 is 0. The number of aliphatic hydroxyl groups is 1. The fourth-order valence-electron chi connectivity index (χ4n) is 1.09. The van der Waals surface area contributed by atoms with E-state index in [1.807, 2.05) is 0 Å². The van der Waals surface area contributed by atoms with Gasteiger partial charge in [0.2, 0.25) is 5.69 Å². The van der Waals surface area contributed by atoms with Gasteiger partial charge in [-0.3, -0.25) is 4.79 Å². The van der Waals surface area contributed by atoms with Crippen molar-refractivity contribution < 1.29 is 15.0 Å². The topological polar surface area (TPSA) is 114 Å². The number of rotatable bonds is 2. The van der Waals surface area contributed by atoms with Crippen LogP contribution in [0.25, 0.3) is 0 Å². The fraction of sp³-hybridized carbons (Fsp3) is 0.333. The zero-order valence-electron chi connectivity index (χ0n) is 8.88.